The molecule has 1 atom stereocenters. The fourth-order valence-corrected chi connectivity index (χ4v) is 2.93. The van der Waals surface area contributed by atoms with Crippen LogP contribution in [0.15, 0.2) is 12.1 Å². The number of ether oxygens (including phenoxy) is 1. The minimum Gasteiger partial charge on any atom is -0.385 e. The SMILES string of the molecule is Cc1cc2nc(C(C)O)n(CC(=O)N3CCOCC3)c2cc1C. The molecule has 2 heterocycles. The molecule has 1 aliphatic rings. The smallest absolute Gasteiger partial charge is 0.242 e. The van der Waals surface area contributed by atoms with Crippen molar-refractivity contribution < 1.29 is 14.6 Å². The highest BCUT2D eigenvalue weighted by Gasteiger charge is 2.22. The van der Waals surface area contributed by atoms with Gasteiger partial charge in [-0.2, -0.15) is 0 Å². The Balaban J connectivity index is 1.98. The zero-order valence-electron chi connectivity index (χ0n) is 13.9. The zero-order valence-corrected chi connectivity index (χ0v) is 13.9. The summed E-state index contributed by atoms with van der Waals surface area (Å²) in [6.45, 7) is 8.35. The number of hydrogen-bond acceptors (Lipinski definition) is 4. The van der Waals surface area contributed by atoms with Crippen LogP contribution in [0.4, 0.5) is 0 Å². The summed E-state index contributed by atoms with van der Waals surface area (Å²) in [7, 11) is 0. The molecule has 0 saturated carbocycles. The number of imidazole rings is 1. The van der Waals surface area contributed by atoms with E-state index in [-0.39, 0.29) is 12.5 Å². The van der Waals surface area contributed by atoms with E-state index >= 15 is 0 Å². The number of aliphatic hydroxyl groups is 1. The molecule has 3 rings (SSSR count). The van der Waals surface area contributed by atoms with Gasteiger partial charge < -0.3 is 19.3 Å². The van der Waals surface area contributed by atoms with Gasteiger partial charge in [0.05, 0.1) is 24.2 Å². The normalized spacial score (nSPS) is 16.8. The second kappa shape index (κ2) is 6.29. The molecule has 6 heteroatoms. The van der Waals surface area contributed by atoms with Crippen molar-refractivity contribution >= 4 is 16.9 Å². The number of rotatable bonds is 3. The van der Waals surface area contributed by atoms with Crippen LogP contribution in [0.25, 0.3) is 11.0 Å². The van der Waals surface area contributed by atoms with Gasteiger partial charge in [-0.05, 0) is 44.0 Å². The molecule has 1 amide bonds. The lowest BCUT2D eigenvalue weighted by molar-refractivity contribution is -0.135. The number of nitrogens with zero attached hydrogens (tertiary/aromatic N) is 3. The molecule has 2 aromatic rings. The Kier molecular flexibility index (Phi) is 4.37. The topological polar surface area (TPSA) is 67.6 Å². The van der Waals surface area contributed by atoms with Crippen LogP contribution in [0.2, 0.25) is 0 Å². The van der Waals surface area contributed by atoms with Crippen molar-refractivity contribution in [1.29, 1.82) is 0 Å². The summed E-state index contributed by atoms with van der Waals surface area (Å²) in [6.07, 6.45) is -0.722. The van der Waals surface area contributed by atoms with Crippen molar-refractivity contribution in [3.05, 3.63) is 29.1 Å². The van der Waals surface area contributed by atoms with Crippen LogP contribution < -0.4 is 0 Å². The van der Waals surface area contributed by atoms with E-state index in [2.05, 4.69) is 4.98 Å². The number of hydrogen-bond donors (Lipinski definition) is 1. The summed E-state index contributed by atoms with van der Waals surface area (Å²) >= 11 is 0. The van der Waals surface area contributed by atoms with Crippen LogP contribution in [0.1, 0.15) is 30.0 Å². The van der Waals surface area contributed by atoms with Crippen molar-refractivity contribution in [3.63, 3.8) is 0 Å². The Morgan fingerprint density at radius 1 is 1.30 bits per heavy atom. The molecule has 1 fully saturated rings. The molecule has 1 unspecified atom stereocenters. The zero-order chi connectivity index (χ0) is 16.6. The number of benzene rings is 1. The van der Waals surface area contributed by atoms with Gasteiger partial charge in [0.25, 0.3) is 0 Å². The van der Waals surface area contributed by atoms with Gasteiger partial charge in [-0.25, -0.2) is 4.98 Å². The third-order valence-corrected chi connectivity index (χ3v) is 4.42. The van der Waals surface area contributed by atoms with E-state index in [1.807, 2.05) is 35.4 Å². The fourth-order valence-electron chi connectivity index (χ4n) is 2.93. The number of amides is 1. The second-order valence-electron chi connectivity index (χ2n) is 6.15. The average molecular weight is 317 g/mol. The minimum absolute atomic E-state index is 0.0349. The van der Waals surface area contributed by atoms with Crippen LogP contribution in [0.5, 0.6) is 0 Å². The third kappa shape index (κ3) is 3.09. The number of carbonyl (C=O) groups is 1. The van der Waals surface area contributed by atoms with Crippen molar-refractivity contribution in [1.82, 2.24) is 14.5 Å². The Bertz CT molecular complexity index is 730. The molecule has 1 saturated heterocycles. The van der Waals surface area contributed by atoms with E-state index < -0.39 is 6.10 Å². The molecule has 1 aliphatic heterocycles. The molecule has 0 aliphatic carbocycles. The molecule has 1 aromatic heterocycles. The molecule has 23 heavy (non-hydrogen) atoms. The Labute approximate surface area is 135 Å². The van der Waals surface area contributed by atoms with E-state index in [1.54, 1.807) is 6.92 Å². The van der Waals surface area contributed by atoms with Gasteiger partial charge in [0.1, 0.15) is 18.5 Å². The van der Waals surface area contributed by atoms with E-state index in [4.69, 9.17) is 4.74 Å². The predicted octanol–water partition coefficient (Wildman–Crippen LogP) is 1.57. The van der Waals surface area contributed by atoms with Crippen molar-refractivity contribution in [2.45, 2.75) is 33.4 Å². The van der Waals surface area contributed by atoms with Gasteiger partial charge in [-0.3, -0.25) is 4.79 Å². The summed E-state index contributed by atoms with van der Waals surface area (Å²) in [5, 5.41) is 10.0. The number of aryl methyl sites for hydroxylation is 2. The van der Waals surface area contributed by atoms with Crippen LogP contribution in [-0.2, 0) is 16.1 Å². The first-order valence-corrected chi connectivity index (χ1v) is 7.98. The minimum atomic E-state index is -0.722. The van der Waals surface area contributed by atoms with Gasteiger partial charge in [-0.15, -0.1) is 0 Å². The molecule has 0 spiro atoms. The van der Waals surface area contributed by atoms with Crippen LogP contribution in [-0.4, -0.2) is 51.8 Å². The Morgan fingerprint density at radius 3 is 2.61 bits per heavy atom. The van der Waals surface area contributed by atoms with Crippen LogP contribution in [0, 0.1) is 13.8 Å². The van der Waals surface area contributed by atoms with Crippen molar-refractivity contribution in [3.8, 4) is 0 Å². The first kappa shape index (κ1) is 16.0. The highest BCUT2D eigenvalue weighted by molar-refractivity contribution is 5.82. The summed E-state index contributed by atoms with van der Waals surface area (Å²) in [5.41, 5.74) is 4.01. The van der Waals surface area contributed by atoms with Crippen molar-refractivity contribution in [2.24, 2.45) is 0 Å². The van der Waals surface area contributed by atoms with E-state index in [1.165, 1.54) is 0 Å². The number of fused-ring (bicyclic) bond motifs is 1. The predicted molar refractivity (Wildman–Crippen MR) is 87.2 cm³/mol. The number of carbonyl (C=O) groups excluding carboxylic acids is 1. The average Bonchev–Trinajstić information content (AvgIpc) is 2.87. The second-order valence-corrected chi connectivity index (χ2v) is 6.15. The molecular formula is C17H23N3O3. The monoisotopic (exact) mass is 317 g/mol. The lowest BCUT2D eigenvalue weighted by Gasteiger charge is -2.27. The molecule has 1 N–H and O–H groups in total. The highest BCUT2D eigenvalue weighted by atomic mass is 16.5. The van der Waals surface area contributed by atoms with Gasteiger partial charge in [0, 0.05) is 13.1 Å². The summed E-state index contributed by atoms with van der Waals surface area (Å²) in [4.78, 5) is 18.9. The summed E-state index contributed by atoms with van der Waals surface area (Å²) in [5.74, 6) is 0.569. The lowest BCUT2D eigenvalue weighted by atomic mass is 10.1. The molecular weight excluding hydrogens is 294 g/mol. The Morgan fingerprint density at radius 2 is 1.96 bits per heavy atom. The van der Waals surface area contributed by atoms with Crippen LogP contribution >= 0.6 is 0 Å². The van der Waals surface area contributed by atoms with Gasteiger partial charge in [0.15, 0.2) is 0 Å². The number of aliphatic hydroxyl groups excluding tert-OH is 1. The lowest BCUT2D eigenvalue weighted by Crippen LogP contribution is -2.42. The van der Waals surface area contributed by atoms with E-state index in [9.17, 15) is 9.90 Å². The maximum absolute atomic E-state index is 12.6. The van der Waals surface area contributed by atoms with Crippen LogP contribution in [0.3, 0.4) is 0 Å². The number of aromatic nitrogens is 2. The fraction of sp³-hybridized carbons (Fsp3) is 0.529. The van der Waals surface area contributed by atoms with E-state index in [0.717, 1.165) is 22.2 Å². The third-order valence-electron chi connectivity index (χ3n) is 4.42. The van der Waals surface area contributed by atoms with E-state index in [0.29, 0.717) is 32.1 Å². The first-order valence-electron chi connectivity index (χ1n) is 7.98. The van der Waals surface area contributed by atoms with Crippen molar-refractivity contribution in [2.75, 3.05) is 26.3 Å². The number of morpholine rings is 1. The Hall–Kier alpha value is -1.92. The highest BCUT2D eigenvalue weighted by Crippen LogP contribution is 2.24. The van der Waals surface area contributed by atoms with Gasteiger partial charge >= 0.3 is 0 Å². The molecule has 0 radical (unpaired) electrons. The largest absolute Gasteiger partial charge is 0.385 e. The summed E-state index contributed by atoms with van der Waals surface area (Å²) < 4.78 is 7.13. The maximum Gasteiger partial charge on any atom is 0.242 e. The maximum atomic E-state index is 12.6. The molecule has 124 valence electrons. The molecule has 0 bridgehead atoms. The molecule has 1 aromatic carbocycles. The van der Waals surface area contributed by atoms with Gasteiger partial charge in [-0.1, -0.05) is 0 Å². The molecule has 6 nitrogen and oxygen atoms in total. The summed E-state index contributed by atoms with van der Waals surface area (Å²) in [6, 6.07) is 4.04. The van der Waals surface area contributed by atoms with Gasteiger partial charge in [0.2, 0.25) is 5.91 Å². The standard InChI is InChI=1S/C17H23N3O3/c1-11-8-14-15(9-12(11)2)20(17(18-14)13(3)21)10-16(22)19-4-6-23-7-5-19/h8-9,13,21H,4-7,10H2,1-3H3. The first-order chi connectivity index (χ1) is 11.0. The quantitative estimate of drug-likeness (QED) is 0.933.